The number of hydrogen-bond donors (Lipinski definition) is 2. The average Bonchev–Trinajstić information content (AvgIpc) is 3.13. The number of benzene rings is 2. The van der Waals surface area contributed by atoms with Gasteiger partial charge in [-0.15, -0.1) is 11.3 Å². The quantitative estimate of drug-likeness (QED) is 0.491. The Bertz CT molecular complexity index is 861. The fourth-order valence-corrected chi connectivity index (χ4v) is 3.39. The summed E-state index contributed by atoms with van der Waals surface area (Å²) in [5.41, 5.74) is 10.1. The Hall–Kier alpha value is -2.70. The van der Waals surface area contributed by atoms with E-state index in [0.29, 0.717) is 19.1 Å². The van der Waals surface area contributed by atoms with Crippen LogP contribution in [0.5, 0.6) is 0 Å². The second-order valence-electron chi connectivity index (χ2n) is 5.74. The molecule has 0 aliphatic carbocycles. The fourth-order valence-electron chi connectivity index (χ4n) is 2.53. The lowest BCUT2D eigenvalue weighted by Gasteiger charge is -2.10. The average molecular weight is 366 g/mol. The van der Waals surface area contributed by atoms with Gasteiger partial charge in [0.25, 0.3) is 0 Å². The summed E-state index contributed by atoms with van der Waals surface area (Å²) in [6.45, 7) is 1.11. The summed E-state index contributed by atoms with van der Waals surface area (Å²) in [4.78, 5) is 9.08. The molecular formula is C20H22N4OS. The Morgan fingerprint density at radius 2 is 1.92 bits per heavy atom. The van der Waals surface area contributed by atoms with Crippen LogP contribution in [0.3, 0.4) is 0 Å². The third-order valence-corrected chi connectivity index (χ3v) is 4.74. The number of aliphatic imine (C=N–C) groups is 1. The summed E-state index contributed by atoms with van der Waals surface area (Å²) in [7, 11) is 1.67. The van der Waals surface area contributed by atoms with E-state index >= 15 is 0 Å². The number of para-hydroxylation sites is 1. The molecule has 0 unspecified atom stereocenters. The molecule has 0 spiro atoms. The Morgan fingerprint density at radius 1 is 1.15 bits per heavy atom. The number of hydrogen-bond acceptors (Lipinski definition) is 4. The highest BCUT2D eigenvalue weighted by atomic mass is 32.1. The number of ether oxygens (including phenoxy) is 1. The molecule has 0 aliphatic rings. The Morgan fingerprint density at radius 3 is 2.73 bits per heavy atom. The number of rotatable bonds is 7. The zero-order chi connectivity index (χ0) is 18.2. The van der Waals surface area contributed by atoms with Crippen molar-refractivity contribution in [3.63, 3.8) is 0 Å². The molecule has 3 rings (SSSR count). The molecule has 0 saturated heterocycles. The molecule has 0 saturated carbocycles. The van der Waals surface area contributed by atoms with Crippen LogP contribution in [-0.2, 0) is 17.8 Å². The molecule has 134 valence electrons. The second kappa shape index (κ2) is 9.12. The molecule has 3 aromatic rings. The van der Waals surface area contributed by atoms with Gasteiger partial charge in [0, 0.05) is 42.3 Å². The number of nitrogens with one attached hydrogen (secondary N) is 1. The monoisotopic (exact) mass is 366 g/mol. The van der Waals surface area contributed by atoms with Gasteiger partial charge < -0.3 is 15.8 Å². The Kier molecular flexibility index (Phi) is 6.35. The molecule has 6 heteroatoms. The van der Waals surface area contributed by atoms with Crippen LogP contribution < -0.4 is 11.1 Å². The van der Waals surface area contributed by atoms with Gasteiger partial charge in [0.2, 0.25) is 0 Å². The number of nitrogens with two attached hydrogens (primary N) is 1. The molecule has 1 heterocycles. The van der Waals surface area contributed by atoms with Crippen LogP contribution in [0.25, 0.3) is 10.6 Å². The maximum Gasteiger partial charge on any atom is 0.193 e. The summed E-state index contributed by atoms with van der Waals surface area (Å²) in [5, 5.41) is 6.25. The standard InChI is InChI=1S/C20H22N4OS/c1-25-13-16-9-5-6-10-18(16)24-20(21)22-12-11-17-14-26-19(23-17)15-7-3-2-4-8-15/h2-10,14H,11-13H2,1H3,(H3,21,22,24). The van der Waals surface area contributed by atoms with Crippen molar-refractivity contribution in [3.8, 4) is 10.6 Å². The summed E-state index contributed by atoms with van der Waals surface area (Å²) < 4.78 is 5.20. The van der Waals surface area contributed by atoms with E-state index in [1.807, 2.05) is 42.5 Å². The number of aromatic nitrogens is 1. The number of nitrogens with zero attached hydrogens (tertiary/aromatic N) is 2. The van der Waals surface area contributed by atoms with Crippen LogP contribution in [0.1, 0.15) is 11.3 Å². The largest absolute Gasteiger partial charge is 0.380 e. The van der Waals surface area contributed by atoms with Crippen molar-refractivity contribution in [3.05, 3.63) is 71.2 Å². The molecule has 2 aromatic carbocycles. The molecular weight excluding hydrogens is 344 g/mol. The Balaban J connectivity index is 1.56. The first kappa shape index (κ1) is 18.1. The van der Waals surface area contributed by atoms with Crippen LogP contribution in [-0.4, -0.2) is 24.6 Å². The summed E-state index contributed by atoms with van der Waals surface area (Å²) in [5.74, 6) is 0.395. The molecule has 0 amide bonds. The second-order valence-corrected chi connectivity index (χ2v) is 6.60. The van der Waals surface area contributed by atoms with Crippen molar-refractivity contribution in [2.45, 2.75) is 13.0 Å². The summed E-state index contributed by atoms with van der Waals surface area (Å²) in [6, 6.07) is 18.1. The molecule has 1 aromatic heterocycles. The maximum absolute atomic E-state index is 6.01. The van der Waals surface area contributed by atoms with E-state index in [9.17, 15) is 0 Å². The van der Waals surface area contributed by atoms with Crippen LogP contribution in [0.15, 0.2) is 65.0 Å². The highest BCUT2D eigenvalue weighted by Gasteiger charge is 2.05. The van der Waals surface area contributed by atoms with Crippen LogP contribution in [0.2, 0.25) is 0 Å². The fraction of sp³-hybridized carbons (Fsp3) is 0.200. The predicted molar refractivity (Wildman–Crippen MR) is 109 cm³/mol. The lowest BCUT2D eigenvalue weighted by molar-refractivity contribution is 0.185. The van der Waals surface area contributed by atoms with Gasteiger partial charge in [0.05, 0.1) is 12.3 Å². The minimum absolute atomic E-state index is 0.395. The SMILES string of the molecule is COCc1ccccc1NC(N)=NCCc1csc(-c2ccccc2)n1. The summed E-state index contributed by atoms with van der Waals surface area (Å²) in [6.07, 6.45) is 0.755. The van der Waals surface area contributed by atoms with Crippen LogP contribution >= 0.6 is 11.3 Å². The molecule has 0 bridgehead atoms. The third-order valence-electron chi connectivity index (χ3n) is 3.80. The zero-order valence-corrected chi connectivity index (χ0v) is 15.5. The van der Waals surface area contributed by atoms with Gasteiger partial charge in [-0.25, -0.2) is 4.98 Å². The number of guanidine groups is 1. The van der Waals surface area contributed by atoms with E-state index in [0.717, 1.165) is 33.9 Å². The van der Waals surface area contributed by atoms with Crippen molar-refractivity contribution in [1.29, 1.82) is 0 Å². The normalized spacial score (nSPS) is 11.5. The molecule has 0 atom stereocenters. The molecule has 0 radical (unpaired) electrons. The predicted octanol–water partition coefficient (Wildman–Crippen LogP) is 3.93. The minimum atomic E-state index is 0.395. The third kappa shape index (κ3) is 4.91. The highest BCUT2D eigenvalue weighted by molar-refractivity contribution is 7.13. The number of anilines is 1. The van der Waals surface area contributed by atoms with Gasteiger partial charge in [0.15, 0.2) is 5.96 Å². The van der Waals surface area contributed by atoms with Crippen LogP contribution in [0, 0.1) is 0 Å². The molecule has 3 N–H and O–H groups in total. The van der Waals surface area contributed by atoms with Gasteiger partial charge >= 0.3 is 0 Å². The van der Waals surface area contributed by atoms with Crippen LogP contribution in [0.4, 0.5) is 5.69 Å². The van der Waals surface area contributed by atoms with Gasteiger partial charge in [-0.3, -0.25) is 4.99 Å². The van der Waals surface area contributed by atoms with Crippen molar-refractivity contribution < 1.29 is 4.74 Å². The lowest BCUT2D eigenvalue weighted by atomic mass is 10.2. The van der Waals surface area contributed by atoms with Crippen molar-refractivity contribution >= 4 is 23.0 Å². The van der Waals surface area contributed by atoms with Crippen molar-refractivity contribution in [2.24, 2.45) is 10.7 Å². The minimum Gasteiger partial charge on any atom is -0.380 e. The topological polar surface area (TPSA) is 72.5 Å². The van der Waals surface area contributed by atoms with E-state index in [2.05, 4.69) is 32.8 Å². The first-order valence-corrected chi connectivity index (χ1v) is 9.28. The van der Waals surface area contributed by atoms with E-state index < -0.39 is 0 Å². The van der Waals surface area contributed by atoms with Gasteiger partial charge in [-0.2, -0.15) is 0 Å². The zero-order valence-electron chi connectivity index (χ0n) is 14.7. The first-order chi connectivity index (χ1) is 12.8. The smallest absolute Gasteiger partial charge is 0.193 e. The summed E-state index contributed by atoms with van der Waals surface area (Å²) >= 11 is 1.65. The highest BCUT2D eigenvalue weighted by Crippen LogP contribution is 2.23. The molecule has 0 fully saturated rings. The van der Waals surface area contributed by atoms with Crippen molar-refractivity contribution in [1.82, 2.24) is 4.98 Å². The van der Waals surface area contributed by atoms with Gasteiger partial charge in [-0.1, -0.05) is 48.5 Å². The first-order valence-electron chi connectivity index (χ1n) is 8.40. The van der Waals surface area contributed by atoms with E-state index in [1.165, 1.54) is 0 Å². The van der Waals surface area contributed by atoms with Gasteiger partial charge in [-0.05, 0) is 6.07 Å². The molecule has 5 nitrogen and oxygen atoms in total. The van der Waals surface area contributed by atoms with E-state index in [1.54, 1.807) is 18.4 Å². The van der Waals surface area contributed by atoms with E-state index in [4.69, 9.17) is 10.5 Å². The number of methoxy groups -OCH3 is 1. The van der Waals surface area contributed by atoms with Gasteiger partial charge in [0.1, 0.15) is 5.01 Å². The maximum atomic E-state index is 6.01. The lowest BCUT2D eigenvalue weighted by Crippen LogP contribution is -2.23. The van der Waals surface area contributed by atoms with E-state index in [-0.39, 0.29) is 0 Å². The molecule has 26 heavy (non-hydrogen) atoms. The Labute approximate surface area is 157 Å². The van der Waals surface area contributed by atoms with Crippen molar-refractivity contribution in [2.75, 3.05) is 19.0 Å². The number of thiazole rings is 1. The molecule has 0 aliphatic heterocycles.